The van der Waals surface area contributed by atoms with Gasteiger partial charge in [0.2, 0.25) is 0 Å². The molecule has 0 saturated carbocycles. The molecule has 0 saturated heterocycles. The summed E-state index contributed by atoms with van der Waals surface area (Å²) in [7, 11) is 0. The van der Waals surface area contributed by atoms with E-state index in [4.69, 9.17) is 0 Å². The Labute approximate surface area is 85.7 Å². The standard InChI is InChI=1S/4ClH.Er/h4*1H;. The maximum atomic E-state index is 0. The maximum absolute atomic E-state index is 0. The number of hydrogen-bond acceptors (Lipinski definition) is 0. The fourth-order valence-electron chi connectivity index (χ4n) is 0. The van der Waals surface area contributed by atoms with Gasteiger partial charge in [-0.2, -0.15) is 0 Å². The van der Waals surface area contributed by atoms with Crippen LogP contribution < -0.4 is 0 Å². The average Bonchev–Trinajstić information content (AvgIpc) is 0. The van der Waals surface area contributed by atoms with Crippen molar-refractivity contribution in [3.8, 4) is 0 Å². The molecule has 0 bridgehead atoms. The summed E-state index contributed by atoms with van der Waals surface area (Å²) >= 11 is 0. The molecule has 0 unspecified atom stereocenters. The van der Waals surface area contributed by atoms with Crippen LogP contribution in [0.15, 0.2) is 0 Å². The van der Waals surface area contributed by atoms with Gasteiger partial charge in [-0.05, 0) is 0 Å². The third-order valence-electron chi connectivity index (χ3n) is 0. The predicted molar refractivity (Wildman–Crippen MR) is 29.0 cm³/mol. The van der Waals surface area contributed by atoms with Gasteiger partial charge in [-0.3, -0.25) is 0 Å². The van der Waals surface area contributed by atoms with E-state index in [9.17, 15) is 0 Å². The van der Waals surface area contributed by atoms with Crippen molar-refractivity contribution in [1.82, 2.24) is 0 Å². The van der Waals surface area contributed by atoms with Crippen molar-refractivity contribution >= 4 is 49.6 Å². The molecule has 0 fully saturated rings. The van der Waals surface area contributed by atoms with Crippen LogP contribution in [0.5, 0.6) is 0 Å². The van der Waals surface area contributed by atoms with E-state index in [0.29, 0.717) is 0 Å². The summed E-state index contributed by atoms with van der Waals surface area (Å²) in [5.41, 5.74) is 0. The second-order valence-electron chi connectivity index (χ2n) is 0. The Morgan fingerprint density at radius 3 is 0.400 bits per heavy atom. The Balaban J connectivity index is 0. The summed E-state index contributed by atoms with van der Waals surface area (Å²) < 4.78 is 0. The van der Waals surface area contributed by atoms with Crippen molar-refractivity contribution in [1.29, 1.82) is 0 Å². The van der Waals surface area contributed by atoms with Crippen LogP contribution >= 0.6 is 49.6 Å². The van der Waals surface area contributed by atoms with Gasteiger partial charge in [-0.25, -0.2) is 0 Å². The second kappa shape index (κ2) is 32.3. The zero-order chi connectivity index (χ0) is 0. The van der Waals surface area contributed by atoms with Crippen LogP contribution in [0.1, 0.15) is 0 Å². The minimum absolute atomic E-state index is 0. The van der Waals surface area contributed by atoms with Gasteiger partial charge < -0.3 is 0 Å². The molecule has 0 aromatic rings. The zero-order valence-corrected chi connectivity index (χ0v) is 7.04. The fraction of sp³-hybridized carbons (Fsp3) is 0. The molecular weight excluding hydrogens is 309 g/mol. The topological polar surface area (TPSA) is 0 Å². The molecule has 0 amide bonds. The molecule has 0 aromatic heterocycles. The number of halogens is 4. The van der Waals surface area contributed by atoms with Crippen LogP contribution in [0, 0.1) is 37.3 Å². The number of rotatable bonds is 0. The monoisotopic (exact) mass is 310 g/mol. The molecule has 0 rings (SSSR count). The van der Waals surface area contributed by atoms with Crippen molar-refractivity contribution in [2.45, 2.75) is 0 Å². The molecule has 44 valence electrons. The van der Waals surface area contributed by atoms with Gasteiger partial charge in [0.1, 0.15) is 0 Å². The van der Waals surface area contributed by atoms with Crippen molar-refractivity contribution in [3.05, 3.63) is 0 Å². The molecule has 0 radical (unpaired) electrons. The van der Waals surface area contributed by atoms with Gasteiger partial charge >= 0.3 is 0 Å². The first kappa shape index (κ1) is 52.5. The molecule has 5 heteroatoms. The summed E-state index contributed by atoms with van der Waals surface area (Å²) in [5.74, 6) is 0. The van der Waals surface area contributed by atoms with Gasteiger partial charge in [0.25, 0.3) is 0 Å². The van der Waals surface area contributed by atoms with Crippen molar-refractivity contribution < 1.29 is 37.3 Å². The van der Waals surface area contributed by atoms with E-state index >= 15 is 0 Å². The van der Waals surface area contributed by atoms with E-state index in [1.807, 2.05) is 0 Å². The van der Waals surface area contributed by atoms with E-state index in [1.165, 1.54) is 0 Å². The van der Waals surface area contributed by atoms with Crippen molar-refractivity contribution in [2.24, 2.45) is 0 Å². The third-order valence-corrected chi connectivity index (χ3v) is 0. The summed E-state index contributed by atoms with van der Waals surface area (Å²) in [6, 6.07) is 0. The smallest absolute Gasteiger partial charge is 0 e. The summed E-state index contributed by atoms with van der Waals surface area (Å²) in [4.78, 5) is 0. The van der Waals surface area contributed by atoms with Gasteiger partial charge in [0.05, 0.1) is 0 Å². The van der Waals surface area contributed by atoms with Gasteiger partial charge in [-0.1, -0.05) is 0 Å². The Morgan fingerprint density at radius 1 is 0.400 bits per heavy atom. The quantitative estimate of drug-likeness (QED) is 0.638. The van der Waals surface area contributed by atoms with E-state index < -0.39 is 0 Å². The summed E-state index contributed by atoms with van der Waals surface area (Å²) in [5, 5.41) is 0. The Bertz CT molecular complexity index is 3.61. The Kier molecular flexibility index (Phi) is 339. The van der Waals surface area contributed by atoms with Crippen LogP contribution in [-0.4, -0.2) is 0 Å². The van der Waals surface area contributed by atoms with E-state index in [0.717, 1.165) is 0 Å². The summed E-state index contributed by atoms with van der Waals surface area (Å²) in [6.45, 7) is 0. The minimum Gasteiger partial charge on any atom is -0.147 e. The maximum Gasteiger partial charge on any atom is 0 e. The third kappa shape index (κ3) is 21.5. The van der Waals surface area contributed by atoms with Crippen LogP contribution in [0.3, 0.4) is 0 Å². The first-order chi connectivity index (χ1) is 0. The molecular formula is H4Cl4Er. The molecule has 0 aliphatic rings. The van der Waals surface area contributed by atoms with E-state index in [-0.39, 0.29) is 86.9 Å². The molecule has 5 heavy (non-hydrogen) atoms. The molecule has 0 heterocycles. The normalized spacial score (nSPS) is 0. The first-order valence-corrected chi connectivity index (χ1v) is 0. The number of hydrogen-bond donors (Lipinski definition) is 0. The van der Waals surface area contributed by atoms with Crippen LogP contribution in [0.4, 0.5) is 0 Å². The molecule has 0 atom stereocenters. The largest absolute Gasteiger partial charge is 0.147 e. The molecule has 0 aliphatic carbocycles. The zero-order valence-electron chi connectivity index (χ0n) is 1.92. The molecule has 0 aliphatic heterocycles. The van der Waals surface area contributed by atoms with Crippen molar-refractivity contribution in [2.75, 3.05) is 0 Å². The first-order valence-electron chi connectivity index (χ1n) is 0. The van der Waals surface area contributed by atoms with Gasteiger partial charge in [-0.15, -0.1) is 49.6 Å². The summed E-state index contributed by atoms with van der Waals surface area (Å²) in [6.07, 6.45) is 0. The van der Waals surface area contributed by atoms with Gasteiger partial charge in [0.15, 0.2) is 0 Å². The Morgan fingerprint density at radius 2 is 0.400 bits per heavy atom. The minimum atomic E-state index is 0. The van der Waals surface area contributed by atoms with Crippen LogP contribution in [-0.2, 0) is 0 Å². The predicted octanol–water partition coefficient (Wildman–Crippen LogP) is 1.69. The SMILES string of the molecule is Cl.Cl.Cl.Cl.[Er]. The second-order valence-corrected chi connectivity index (χ2v) is 0. The molecule has 0 aromatic carbocycles. The van der Waals surface area contributed by atoms with E-state index in [2.05, 4.69) is 0 Å². The molecule has 0 spiro atoms. The fourth-order valence-corrected chi connectivity index (χ4v) is 0. The van der Waals surface area contributed by atoms with Gasteiger partial charge in [0, 0.05) is 37.3 Å². The van der Waals surface area contributed by atoms with Crippen LogP contribution in [0.25, 0.3) is 0 Å². The average molecular weight is 313 g/mol. The van der Waals surface area contributed by atoms with E-state index in [1.54, 1.807) is 0 Å². The van der Waals surface area contributed by atoms with Crippen LogP contribution in [0.2, 0.25) is 0 Å². The Hall–Kier alpha value is 2.41. The molecule has 0 N–H and O–H groups in total. The molecule has 0 nitrogen and oxygen atoms in total. The van der Waals surface area contributed by atoms with Crippen molar-refractivity contribution in [3.63, 3.8) is 0 Å².